The molecule has 33 heavy (non-hydrogen) atoms. The average molecular weight is 449 g/mol. The van der Waals surface area contributed by atoms with Gasteiger partial charge in [-0.3, -0.25) is 14.2 Å². The first-order chi connectivity index (χ1) is 16.1. The van der Waals surface area contributed by atoms with Gasteiger partial charge in [0.2, 0.25) is 0 Å². The summed E-state index contributed by atoms with van der Waals surface area (Å²) in [4.78, 5) is 42.2. The number of carbonyl (C=O) groups is 2. The van der Waals surface area contributed by atoms with E-state index in [2.05, 4.69) is 10.3 Å². The fourth-order valence-electron chi connectivity index (χ4n) is 4.87. The Kier molecular flexibility index (Phi) is 5.90. The molecule has 1 aromatic heterocycles. The Balaban J connectivity index is 1.27. The van der Waals surface area contributed by atoms with E-state index in [0.717, 1.165) is 57.1 Å². The molecule has 2 fully saturated rings. The second-order valence-electron chi connectivity index (χ2n) is 8.83. The van der Waals surface area contributed by atoms with E-state index >= 15 is 0 Å². The summed E-state index contributed by atoms with van der Waals surface area (Å²) in [5, 5.41) is 2.87. The third-order valence-corrected chi connectivity index (χ3v) is 6.58. The highest BCUT2D eigenvalue weighted by Crippen LogP contribution is 2.31. The minimum Gasteiger partial charge on any atom is -0.484 e. The van der Waals surface area contributed by atoms with Crippen molar-refractivity contribution >= 4 is 28.5 Å². The summed E-state index contributed by atoms with van der Waals surface area (Å²) >= 11 is 0. The summed E-state index contributed by atoms with van der Waals surface area (Å²) in [6, 6.07) is 12.5. The Bertz CT molecular complexity index is 1230. The lowest BCUT2D eigenvalue weighted by atomic mass is 10.1. The number of imidazole rings is 1. The van der Waals surface area contributed by atoms with Gasteiger partial charge >= 0.3 is 5.69 Å². The van der Waals surface area contributed by atoms with Gasteiger partial charge in [0.25, 0.3) is 11.8 Å². The maximum absolute atomic E-state index is 12.8. The summed E-state index contributed by atoms with van der Waals surface area (Å²) in [5.74, 6) is 0.221. The predicted molar refractivity (Wildman–Crippen MR) is 126 cm³/mol. The third-order valence-electron chi connectivity index (χ3n) is 6.58. The van der Waals surface area contributed by atoms with Crippen LogP contribution in [-0.2, 0) is 4.79 Å². The molecule has 0 radical (unpaired) electrons. The van der Waals surface area contributed by atoms with Gasteiger partial charge in [0.1, 0.15) is 5.75 Å². The number of nitrogens with zero attached hydrogens (tertiary/aromatic N) is 2. The monoisotopic (exact) mass is 448 g/mol. The molecule has 3 aromatic rings. The first-order valence-corrected chi connectivity index (χ1v) is 11.6. The van der Waals surface area contributed by atoms with Crippen molar-refractivity contribution in [2.75, 3.05) is 25.0 Å². The van der Waals surface area contributed by atoms with E-state index in [4.69, 9.17) is 4.74 Å². The lowest BCUT2D eigenvalue weighted by Gasteiger charge is -2.15. The molecule has 1 aliphatic carbocycles. The summed E-state index contributed by atoms with van der Waals surface area (Å²) in [6.07, 6.45) is 6.38. The number of benzene rings is 2. The largest absolute Gasteiger partial charge is 0.484 e. The number of rotatable bonds is 6. The van der Waals surface area contributed by atoms with Crippen LogP contribution >= 0.6 is 0 Å². The maximum Gasteiger partial charge on any atom is 0.326 e. The topological polar surface area (TPSA) is 96.4 Å². The van der Waals surface area contributed by atoms with Crippen LogP contribution in [0.25, 0.3) is 11.0 Å². The number of nitrogens with one attached hydrogen (secondary N) is 2. The standard InChI is InChI=1S/C25H28N4O4/c30-23(28-12-3-4-13-28)16-33-20-9-5-6-18(15-20)26-24(31)17-10-11-22-21(14-17)27-25(32)29(22)19-7-1-2-8-19/h5-6,9-11,14-15,19H,1-4,7-8,12-13,16H2,(H,26,31)(H,27,32). The zero-order valence-electron chi connectivity index (χ0n) is 18.5. The molecule has 0 unspecified atom stereocenters. The number of hydrogen-bond donors (Lipinski definition) is 2. The fourth-order valence-corrected chi connectivity index (χ4v) is 4.87. The van der Waals surface area contributed by atoms with Crippen molar-refractivity contribution in [3.05, 3.63) is 58.5 Å². The first-order valence-electron chi connectivity index (χ1n) is 11.6. The van der Waals surface area contributed by atoms with Gasteiger partial charge in [0.05, 0.1) is 11.0 Å². The zero-order chi connectivity index (χ0) is 22.8. The normalized spacial score (nSPS) is 16.4. The first kappa shape index (κ1) is 21.3. The highest BCUT2D eigenvalue weighted by atomic mass is 16.5. The van der Waals surface area contributed by atoms with Gasteiger partial charge in [0.15, 0.2) is 6.61 Å². The summed E-state index contributed by atoms with van der Waals surface area (Å²) in [7, 11) is 0. The highest BCUT2D eigenvalue weighted by molar-refractivity contribution is 6.06. The Morgan fingerprint density at radius 3 is 2.61 bits per heavy atom. The second-order valence-corrected chi connectivity index (χ2v) is 8.83. The van der Waals surface area contributed by atoms with Crippen molar-refractivity contribution < 1.29 is 14.3 Å². The number of anilines is 1. The lowest BCUT2D eigenvalue weighted by molar-refractivity contribution is -0.132. The molecule has 0 spiro atoms. The number of fused-ring (bicyclic) bond motifs is 1. The van der Waals surface area contributed by atoms with Gasteiger partial charge < -0.3 is 19.9 Å². The number of ether oxygens (including phenoxy) is 1. The number of aromatic nitrogens is 2. The molecule has 2 aliphatic rings. The summed E-state index contributed by atoms with van der Waals surface area (Å²) in [6.45, 7) is 1.56. The van der Waals surface area contributed by atoms with Crippen LogP contribution in [0.1, 0.15) is 54.9 Å². The third kappa shape index (κ3) is 4.51. The van der Waals surface area contributed by atoms with Gasteiger partial charge in [-0.15, -0.1) is 0 Å². The second kappa shape index (κ2) is 9.13. The number of likely N-dealkylation sites (tertiary alicyclic amines) is 1. The Morgan fingerprint density at radius 2 is 1.82 bits per heavy atom. The van der Waals surface area contributed by atoms with Crippen LogP contribution in [0.4, 0.5) is 5.69 Å². The van der Waals surface area contributed by atoms with Gasteiger partial charge in [-0.1, -0.05) is 18.9 Å². The Hall–Kier alpha value is -3.55. The van der Waals surface area contributed by atoms with Crippen LogP contribution in [0.3, 0.4) is 0 Å². The molecule has 1 saturated carbocycles. The van der Waals surface area contributed by atoms with Crippen LogP contribution in [-0.4, -0.2) is 46.0 Å². The molecule has 1 aliphatic heterocycles. The summed E-state index contributed by atoms with van der Waals surface area (Å²) < 4.78 is 7.47. The van der Waals surface area contributed by atoms with E-state index in [1.165, 1.54) is 0 Å². The van der Waals surface area contributed by atoms with Gasteiger partial charge in [-0.2, -0.15) is 0 Å². The van der Waals surface area contributed by atoms with E-state index in [-0.39, 0.29) is 30.2 Å². The van der Waals surface area contributed by atoms with Gasteiger partial charge in [-0.25, -0.2) is 4.79 Å². The molecule has 5 rings (SSSR count). The Morgan fingerprint density at radius 1 is 1.03 bits per heavy atom. The molecule has 2 N–H and O–H groups in total. The van der Waals surface area contributed by atoms with Crippen molar-refractivity contribution in [3.8, 4) is 5.75 Å². The van der Waals surface area contributed by atoms with Crippen molar-refractivity contribution in [2.45, 2.75) is 44.6 Å². The van der Waals surface area contributed by atoms with Crippen molar-refractivity contribution in [2.24, 2.45) is 0 Å². The SMILES string of the molecule is O=C(Nc1cccc(OCC(=O)N2CCCC2)c1)c1ccc2c(c1)[nH]c(=O)n2C1CCCC1. The molecule has 2 amide bonds. The molecule has 172 valence electrons. The molecular weight excluding hydrogens is 420 g/mol. The molecule has 8 nitrogen and oxygen atoms in total. The molecule has 8 heteroatoms. The van der Waals surface area contributed by atoms with Crippen molar-refractivity contribution in [1.82, 2.24) is 14.5 Å². The molecule has 2 heterocycles. The molecule has 2 aromatic carbocycles. The number of aromatic amines is 1. The molecule has 0 bridgehead atoms. The highest BCUT2D eigenvalue weighted by Gasteiger charge is 2.22. The van der Waals surface area contributed by atoms with Crippen molar-refractivity contribution in [3.63, 3.8) is 0 Å². The molecule has 1 saturated heterocycles. The van der Waals surface area contributed by atoms with Crippen molar-refractivity contribution in [1.29, 1.82) is 0 Å². The Labute approximate surface area is 191 Å². The van der Waals surface area contributed by atoms with E-state index in [1.807, 2.05) is 15.5 Å². The predicted octanol–water partition coefficient (Wildman–Crippen LogP) is 3.70. The van der Waals surface area contributed by atoms with Crippen LogP contribution in [0.15, 0.2) is 47.3 Å². The van der Waals surface area contributed by atoms with E-state index in [1.54, 1.807) is 36.4 Å². The van der Waals surface area contributed by atoms with Crippen LogP contribution in [0.2, 0.25) is 0 Å². The smallest absolute Gasteiger partial charge is 0.326 e. The summed E-state index contributed by atoms with van der Waals surface area (Å²) in [5.41, 5.74) is 2.41. The van der Waals surface area contributed by atoms with Crippen LogP contribution in [0, 0.1) is 0 Å². The number of amides is 2. The minimum absolute atomic E-state index is 0.0145. The number of carbonyl (C=O) groups excluding carboxylic acids is 2. The van der Waals surface area contributed by atoms with E-state index in [9.17, 15) is 14.4 Å². The minimum atomic E-state index is -0.281. The van der Waals surface area contributed by atoms with E-state index in [0.29, 0.717) is 22.5 Å². The van der Waals surface area contributed by atoms with Crippen LogP contribution < -0.4 is 15.7 Å². The molecule has 0 atom stereocenters. The number of hydrogen-bond acceptors (Lipinski definition) is 4. The average Bonchev–Trinajstić information content (AvgIpc) is 3.57. The van der Waals surface area contributed by atoms with Gasteiger partial charge in [0, 0.05) is 36.4 Å². The fraction of sp³-hybridized carbons (Fsp3) is 0.400. The lowest BCUT2D eigenvalue weighted by Crippen LogP contribution is -2.32. The quantitative estimate of drug-likeness (QED) is 0.601. The molecular formula is C25H28N4O4. The number of H-pyrrole nitrogens is 1. The van der Waals surface area contributed by atoms with E-state index < -0.39 is 0 Å². The van der Waals surface area contributed by atoms with Gasteiger partial charge in [-0.05, 0) is 56.0 Å². The zero-order valence-corrected chi connectivity index (χ0v) is 18.5. The maximum atomic E-state index is 12.8. The van der Waals surface area contributed by atoms with Crippen LogP contribution in [0.5, 0.6) is 5.75 Å².